The van der Waals surface area contributed by atoms with Gasteiger partial charge in [0.25, 0.3) is 0 Å². The molecular weight excluding hydrogens is 651 g/mol. The predicted octanol–water partition coefficient (Wildman–Crippen LogP) is 13.1. The van der Waals surface area contributed by atoms with E-state index in [0.29, 0.717) is 0 Å². The zero-order chi connectivity index (χ0) is 36.6. The van der Waals surface area contributed by atoms with Crippen molar-refractivity contribution >= 4 is 55.5 Å². The summed E-state index contributed by atoms with van der Waals surface area (Å²) in [6.45, 7) is 8.79. The summed E-state index contributed by atoms with van der Waals surface area (Å²) >= 11 is 0. The molecule has 1 aromatic heterocycles. The van der Waals surface area contributed by atoms with E-state index in [4.69, 9.17) is 0 Å². The normalized spacial score (nSPS) is 13.9. The van der Waals surface area contributed by atoms with Crippen molar-refractivity contribution in [2.45, 2.75) is 46.0 Å². The summed E-state index contributed by atoms with van der Waals surface area (Å²) in [7, 11) is 0. The Balaban J connectivity index is 0.00000178. The minimum Gasteiger partial charge on any atom is -0.309 e. The van der Waals surface area contributed by atoms with Gasteiger partial charge >= 0.3 is 0 Å². The summed E-state index contributed by atoms with van der Waals surface area (Å²) in [5.74, 6) is 0. The second-order valence-corrected chi connectivity index (χ2v) is 15.1. The van der Waals surface area contributed by atoms with E-state index in [0.717, 1.165) is 12.8 Å². The number of aromatic nitrogens is 1. The Morgan fingerprint density at radius 2 is 1.04 bits per heavy atom. The first-order valence-electron chi connectivity index (χ1n) is 19.6. The molecule has 2 aliphatic carbocycles. The summed E-state index contributed by atoms with van der Waals surface area (Å²) in [6, 6.07) is 56.6. The van der Waals surface area contributed by atoms with Gasteiger partial charge in [0.05, 0.1) is 11.0 Å². The maximum Gasteiger partial charge on any atom is 0.0626 e. The molecule has 0 saturated carbocycles. The van der Waals surface area contributed by atoms with Crippen molar-refractivity contribution in [2.75, 3.05) is 0 Å². The first-order chi connectivity index (χ1) is 26.6. The van der Waals surface area contributed by atoms with E-state index in [1.165, 1.54) is 104 Å². The summed E-state index contributed by atoms with van der Waals surface area (Å²) in [6.07, 6.45) is 7.10. The summed E-state index contributed by atoms with van der Waals surface area (Å²) in [5, 5.41) is 10.7. The van der Waals surface area contributed by atoms with Gasteiger partial charge in [-0.3, -0.25) is 0 Å². The Morgan fingerprint density at radius 1 is 0.444 bits per heavy atom. The van der Waals surface area contributed by atoms with E-state index < -0.39 is 0 Å². The van der Waals surface area contributed by atoms with Crippen molar-refractivity contribution in [3.05, 3.63) is 173 Å². The molecule has 1 heterocycles. The summed E-state index contributed by atoms with van der Waals surface area (Å²) in [4.78, 5) is 0. The Labute approximate surface area is 317 Å². The van der Waals surface area contributed by atoms with Gasteiger partial charge in [-0.2, -0.15) is 0 Å². The van der Waals surface area contributed by atoms with Crippen LogP contribution in [0.5, 0.6) is 0 Å². The Kier molecular flexibility index (Phi) is 7.49. The van der Waals surface area contributed by atoms with E-state index in [-0.39, 0.29) is 5.41 Å². The van der Waals surface area contributed by atoms with Crippen LogP contribution in [0.1, 0.15) is 51.7 Å². The number of benzene rings is 8. The lowest BCUT2D eigenvalue weighted by molar-refractivity contribution is 0.660. The molecule has 2 aliphatic rings. The van der Waals surface area contributed by atoms with Gasteiger partial charge in [-0.05, 0) is 114 Å². The fourth-order valence-electron chi connectivity index (χ4n) is 9.56. The zero-order valence-corrected chi connectivity index (χ0v) is 31.4. The molecule has 0 atom stereocenters. The number of hydrogen-bond donors (Lipinski definition) is 0. The third kappa shape index (κ3) is 4.64. The summed E-state index contributed by atoms with van der Waals surface area (Å²) < 4.78 is 2.56. The van der Waals surface area contributed by atoms with E-state index in [2.05, 4.69) is 182 Å². The monoisotopic (exact) mass is 693 g/mol. The molecule has 0 bridgehead atoms. The number of rotatable bonds is 3. The second-order valence-electron chi connectivity index (χ2n) is 15.1. The Hall–Kier alpha value is -6.18. The van der Waals surface area contributed by atoms with Crippen LogP contribution < -0.4 is 10.4 Å². The highest BCUT2D eigenvalue weighted by Gasteiger charge is 2.36. The molecular formula is C53H43N. The minimum absolute atomic E-state index is 0.142. The molecule has 9 aromatic rings. The van der Waals surface area contributed by atoms with Crippen LogP contribution in [-0.4, -0.2) is 4.57 Å². The van der Waals surface area contributed by atoms with Crippen LogP contribution >= 0.6 is 0 Å². The molecule has 0 fully saturated rings. The van der Waals surface area contributed by atoms with Crippen molar-refractivity contribution in [3.63, 3.8) is 0 Å². The first kappa shape index (κ1) is 32.5. The number of fused-ring (bicyclic) bond motifs is 13. The quantitative estimate of drug-likeness (QED) is 0.162. The van der Waals surface area contributed by atoms with Crippen molar-refractivity contribution < 1.29 is 0 Å². The second kappa shape index (κ2) is 12.5. The van der Waals surface area contributed by atoms with Crippen molar-refractivity contribution in [1.29, 1.82) is 0 Å². The van der Waals surface area contributed by atoms with Gasteiger partial charge in [-0.15, -0.1) is 0 Å². The molecule has 11 rings (SSSR count). The lowest BCUT2D eigenvalue weighted by Gasteiger charge is -2.23. The maximum atomic E-state index is 2.56. The van der Waals surface area contributed by atoms with Crippen LogP contribution in [0.3, 0.4) is 0 Å². The van der Waals surface area contributed by atoms with Crippen molar-refractivity contribution in [3.8, 4) is 39.1 Å². The molecule has 54 heavy (non-hydrogen) atoms. The Morgan fingerprint density at radius 3 is 1.78 bits per heavy atom. The van der Waals surface area contributed by atoms with Crippen LogP contribution in [-0.2, 0) is 5.41 Å². The van der Waals surface area contributed by atoms with Crippen LogP contribution in [0.15, 0.2) is 152 Å². The zero-order valence-electron chi connectivity index (χ0n) is 31.4. The third-order valence-corrected chi connectivity index (χ3v) is 12.0. The standard InChI is InChI=1S/C51H37N.C2H6/c1-51(2)45-29-34(32-15-5-3-6-16-32)25-27-38(45)39-28-26-35(30-46(39)51)52-47-24-14-13-23-42(47)49-48-40-21-11-9-19-36(40)43(33-17-7-4-8-18-33)31-44(48)37-20-10-12-22-41(37)50(49)52;1-2/h3-8,10,12-31H,9,11H2,1-2H3;1-2H3. The lowest BCUT2D eigenvalue weighted by Crippen LogP contribution is -2.29. The molecule has 0 saturated heterocycles. The molecule has 0 aliphatic heterocycles. The highest BCUT2D eigenvalue weighted by atomic mass is 15.0. The van der Waals surface area contributed by atoms with E-state index in [9.17, 15) is 0 Å². The van der Waals surface area contributed by atoms with Crippen molar-refractivity contribution in [2.24, 2.45) is 0 Å². The number of hydrogen-bond acceptors (Lipinski definition) is 0. The molecule has 0 unspecified atom stereocenters. The van der Waals surface area contributed by atoms with E-state index in [1.807, 2.05) is 13.8 Å². The maximum absolute atomic E-state index is 2.56. The molecule has 1 heteroatoms. The smallest absolute Gasteiger partial charge is 0.0626 e. The predicted molar refractivity (Wildman–Crippen MR) is 233 cm³/mol. The molecule has 0 N–H and O–H groups in total. The third-order valence-electron chi connectivity index (χ3n) is 12.0. The van der Waals surface area contributed by atoms with Crippen LogP contribution in [0.25, 0.3) is 94.6 Å². The molecule has 0 spiro atoms. The fourth-order valence-corrected chi connectivity index (χ4v) is 9.56. The average Bonchev–Trinajstić information content (AvgIpc) is 3.70. The topological polar surface area (TPSA) is 4.93 Å². The van der Waals surface area contributed by atoms with Crippen LogP contribution in [0, 0.1) is 0 Å². The van der Waals surface area contributed by atoms with Gasteiger partial charge in [0.1, 0.15) is 0 Å². The summed E-state index contributed by atoms with van der Waals surface area (Å²) in [5.41, 5.74) is 14.2. The van der Waals surface area contributed by atoms with Crippen LogP contribution in [0.2, 0.25) is 0 Å². The van der Waals surface area contributed by atoms with Gasteiger partial charge in [0, 0.05) is 27.3 Å². The van der Waals surface area contributed by atoms with E-state index in [1.54, 1.807) is 0 Å². The fraction of sp³-hybridized carbons (Fsp3) is 0.132. The molecule has 0 radical (unpaired) electrons. The highest BCUT2D eigenvalue weighted by molar-refractivity contribution is 6.32. The van der Waals surface area contributed by atoms with Crippen molar-refractivity contribution in [1.82, 2.24) is 4.57 Å². The van der Waals surface area contributed by atoms with Gasteiger partial charge in [-0.1, -0.05) is 161 Å². The van der Waals surface area contributed by atoms with Gasteiger partial charge < -0.3 is 4.57 Å². The number of nitrogens with zero attached hydrogens (tertiary/aromatic N) is 1. The SMILES string of the molecule is CC.CC1(C)c2cc(-c3ccccc3)ccc2-c2ccc(-n3c4ccccc4c4c5c6c(c(-c7ccccc7)cc5c5ccccc5c43)=CCCC=6)cc21. The average molecular weight is 694 g/mol. The highest BCUT2D eigenvalue weighted by Crippen LogP contribution is 2.51. The lowest BCUT2D eigenvalue weighted by atomic mass is 9.81. The van der Waals surface area contributed by atoms with E-state index >= 15 is 0 Å². The molecule has 260 valence electrons. The minimum atomic E-state index is -0.142. The van der Waals surface area contributed by atoms with Gasteiger partial charge in [0.15, 0.2) is 0 Å². The van der Waals surface area contributed by atoms with Crippen LogP contribution in [0.4, 0.5) is 0 Å². The first-order valence-corrected chi connectivity index (χ1v) is 19.6. The Bertz CT molecular complexity index is 3070. The molecule has 0 amide bonds. The number of para-hydroxylation sites is 1. The molecule has 1 nitrogen and oxygen atoms in total. The van der Waals surface area contributed by atoms with Gasteiger partial charge in [0.2, 0.25) is 0 Å². The van der Waals surface area contributed by atoms with Gasteiger partial charge in [-0.25, -0.2) is 0 Å². The molecule has 8 aromatic carbocycles. The largest absolute Gasteiger partial charge is 0.309 e.